The molecular weight excluding hydrogens is 306 g/mol. The van der Waals surface area contributed by atoms with E-state index in [0.29, 0.717) is 18.0 Å². The van der Waals surface area contributed by atoms with Gasteiger partial charge in [-0.25, -0.2) is 4.79 Å². The summed E-state index contributed by atoms with van der Waals surface area (Å²) in [5, 5.41) is 5.99. The number of nitrogens with two attached hydrogens (primary N) is 1. The highest BCUT2D eigenvalue weighted by atomic mass is 16.6. The number of hydrogen-bond donors (Lipinski definition) is 3. The maximum atomic E-state index is 11.8. The molecule has 0 aliphatic carbocycles. The lowest BCUT2D eigenvalue weighted by molar-refractivity contribution is 0.0636. The van der Waals surface area contributed by atoms with Crippen LogP contribution in [-0.4, -0.2) is 36.9 Å². The van der Waals surface area contributed by atoms with Gasteiger partial charge in [0.1, 0.15) is 18.0 Å². The minimum absolute atomic E-state index is 0.157. The van der Waals surface area contributed by atoms with Crippen molar-refractivity contribution in [1.82, 2.24) is 5.32 Å². The zero-order chi connectivity index (χ0) is 18.2. The third-order valence-electron chi connectivity index (χ3n) is 2.97. The highest BCUT2D eigenvalue weighted by molar-refractivity contribution is 5.85. The molecule has 0 aliphatic rings. The van der Waals surface area contributed by atoms with E-state index in [1.165, 1.54) is 0 Å². The summed E-state index contributed by atoms with van der Waals surface area (Å²) in [6.45, 7) is 11.6. The number of benzene rings is 1. The number of hydrogen-bond acceptors (Lipinski definition) is 5. The van der Waals surface area contributed by atoms with Gasteiger partial charge in [-0.3, -0.25) is 5.32 Å². The molecule has 0 aliphatic heterocycles. The zero-order valence-electron chi connectivity index (χ0n) is 15.4. The standard InChI is InChI=1S/C18H31N3O3/c1-17(2,3)24-16(22)21-14-7-6-8-15(13-14)23-12-11-20-10-9-18(4,5)19/h6-8,13,20H,9-12,19H2,1-5H3,(H,21,22). The van der Waals surface area contributed by atoms with E-state index in [0.717, 1.165) is 19.5 Å². The molecule has 6 heteroatoms. The van der Waals surface area contributed by atoms with Crippen molar-refractivity contribution >= 4 is 11.8 Å². The minimum Gasteiger partial charge on any atom is -0.492 e. The van der Waals surface area contributed by atoms with Gasteiger partial charge in [0, 0.05) is 23.8 Å². The number of amides is 1. The smallest absolute Gasteiger partial charge is 0.412 e. The van der Waals surface area contributed by atoms with Gasteiger partial charge < -0.3 is 20.5 Å². The van der Waals surface area contributed by atoms with Crippen LogP contribution in [-0.2, 0) is 4.74 Å². The van der Waals surface area contributed by atoms with Crippen molar-refractivity contribution in [3.05, 3.63) is 24.3 Å². The third kappa shape index (κ3) is 10.1. The highest BCUT2D eigenvalue weighted by Gasteiger charge is 2.16. The first-order chi connectivity index (χ1) is 11.1. The van der Waals surface area contributed by atoms with Crippen LogP contribution < -0.4 is 21.1 Å². The molecule has 0 fully saturated rings. The van der Waals surface area contributed by atoms with Gasteiger partial charge in [0.05, 0.1) is 0 Å². The predicted octanol–water partition coefficient (Wildman–Crippen LogP) is 3.13. The first-order valence-corrected chi connectivity index (χ1v) is 8.28. The van der Waals surface area contributed by atoms with Gasteiger partial charge in [-0.15, -0.1) is 0 Å². The molecule has 1 rings (SSSR count). The monoisotopic (exact) mass is 337 g/mol. The van der Waals surface area contributed by atoms with Crippen LogP contribution in [0.15, 0.2) is 24.3 Å². The Kier molecular flexibility index (Phi) is 7.51. The lowest BCUT2D eigenvalue weighted by atomic mass is 10.0. The molecule has 1 amide bonds. The van der Waals surface area contributed by atoms with Crippen LogP contribution in [0.25, 0.3) is 0 Å². The molecule has 0 radical (unpaired) electrons. The Morgan fingerprint density at radius 2 is 1.88 bits per heavy atom. The van der Waals surface area contributed by atoms with E-state index < -0.39 is 11.7 Å². The molecule has 0 heterocycles. The molecule has 1 aromatic carbocycles. The second kappa shape index (κ2) is 8.89. The fraction of sp³-hybridized carbons (Fsp3) is 0.611. The normalized spacial score (nSPS) is 11.9. The molecule has 136 valence electrons. The van der Waals surface area contributed by atoms with E-state index in [4.69, 9.17) is 15.2 Å². The molecule has 0 spiro atoms. The van der Waals surface area contributed by atoms with Gasteiger partial charge in [-0.1, -0.05) is 6.07 Å². The predicted molar refractivity (Wildman–Crippen MR) is 97.5 cm³/mol. The number of carbonyl (C=O) groups excluding carboxylic acids is 1. The molecule has 0 aromatic heterocycles. The van der Waals surface area contributed by atoms with Crippen LogP contribution in [0.1, 0.15) is 41.0 Å². The Bertz CT molecular complexity index is 519. The van der Waals surface area contributed by atoms with Crippen molar-refractivity contribution in [1.29, 1.82) is 0 Å². The van der Waals surface area contributed by atoms with Gasteiger partial charge in [0.2, 0.25) is 0 Å². The van der Waals surface area contributed by atoms with Crippen molar-refractivity contribution < 1.29 is 14.3 Å². The Morgan fingerprint density at radius 3 is 2.50 bits per heavy atom. The second-order valence-electron chi connectivity index (χ2n) is 7.49. The fourth-order valence-electron chi connectivity index (χ4n) is 1.86. The van der Waals surface area contributed by atoms with Gasteiger partial charge >= 0.3 is 6.09 Å². The Balaban J connectivity index is 2.34. The summed E-state index contributed by atoms with van der Waals surface area (Å²) < 4.78 is 10.9. The Hall–Kier alpha value is -1.79. The van der Waals surface area contributed by atoms with E-state index in [-0.39, 0.29) is 5.54 Å². The minimum atomic E-state index is -0.526. The molecule has 1 aromatic rings. The second-order valence-corrected chi connectivity index (χ2v) is 7.49. The summed E-state index contributed by atoms with van der Waals surface area (Å²) in [5.41, 5.74) is 5.88. The fourth-order valence-corrected chi connectivity index (χ4v) is 1.86. The molecule has 4 N–H and O–H groups in total. The lowest BCUT2D eigenvalue weighted by Gasteiger charge is -2.20. The van der Waals surface area contributed by atoms with Crippen LogP contribution in [0.5, 0.6) is 5.75 Å². The van der Waals surface area contributed by atoms with E-state index >= 15 is 0 Å². The van der Waals surface area contributed by atoms with Gasteiger partial charge in [0.15, 0.2) is 0 Å². The number of anilines is 1. The van der Waals surface area contributed by atoms with Crippen molar-refractivity contribution in [2.75, 3.05) is 25.0 Å². The van der Waals surface area contributed by atoms with Gasteiger partial charge in [0.25, 0.3) is 0 Å². The molecule has 0 atom stereocenters. The molecule has 6 nitrogen and oxygen atoms in total. The zero-order valence-corrected chi connectivity index (χ0v) is 15.4. The van der Waals surface area contributed by atoms with Crippen molar-refractivity contribution in [3.63, 3.8) is 0 Å². The highest BCUT2D eigenvalue weighted by Crippen LogP contribution is 2.18. The van der Waals surface area contributed by atoms with E-state index in [2.05, 4.69) is 10.6 Å². The molecule has 0 unspecified atom stereocenters. The molecule has 24 heavy (non-hydrogen) atoms. The first kappa shape index (κ1) is 20.3. The van der Waals surface area contributed by atoms with Crippen LogP contribution in [0.2, 0.25) is 0 Å². The summed E-state index contributed by atoms with van der Waals surface area (Å²) in [6, 6.07) is 7.24. The molecule has 0 bridgehead atoms. The van der Waals surface area contributed by atoms with Crippen molar-refractivity contribution in [3.8, 4) is 5.75 Å². The average Bonchev–Trinajstić information content (AvgIpc) is 2.39. The maximum absolute atomic E-state index is 11.8. The topological polar surface area (TPSA) is 85.6 Å². The summed E-state index contributed by atoms with van der Waals surface area (Å²) in [4.78, 5) is 11.8. The Morgan fingerprint density at radius 1 is 1.17 bits per heavy atom. The van der Waals surface area contributed by atoms with Crippen molar-refractivity contribution in [2.45, 2.75) is 52.2 Å². The van der Waals surface area contributed by atoms with E-state index in [1.807, 2.05) is 46.8 Å². The van der Waals surface area contributed by atoms with Crippen LogP contribution in [0.3, 0.4) is 0 Å². The van der Waals surface area contributed by atoms with Crippen molar-refractivity contribution in [2.24, 2.45) is 5.73 Å². The van der Waals surface area contributed by atoms with E-state index in [9.17, 15) is 4.79 Å². The number of ether oxygens (including phenoxy) is 2. The number of nitrogens with one attached hydrogen (secondary N) is 2. The third-order valence-corrected chi connectivity index (χ3v) is 2.97. The number of rotatable bonds is 8. The quantitative estimate of drug-likeness (QED) is 0.635. The van der Waals surface area contributed by atoms with E-state index in [1.54, 1.807) is 12.1 Å². The first-order valence-electron chi connectivity index (χ1n) is 8.28. The maximum Gasteiger partial charge on any atom is 0.412 e. The van der Waals surface area contributed by atoms with Crippen LogP contribution >= 0.6 is 0 Å². The Labute approximate surface area is 145 Å². The van der Waals surface area contributed by atoms with Crippen LogP contribution in [0.4, 0.5) is 10.5 Å². The summed E-state index contributed by atoms with van der Waals surface area (Å²) in [5.74, 6) is 0.699. The average molecular weight is 337 g/mol. The van der Waals surface area contributed by atoms with Gasteiger partial charge in [-0.05, 0) is 59.7 Å². The molecule has 0 saturated carbocycles. The van der Waals surface area contributed by atoms with Gasteiger partial charge in [-0.2, -0.15) is 0 Å². The molecule has 0 saturated heterocycles. The summed E-state index contributed by atoms with van der Waals surface area (Å²) in [7, 11) is 0. The van der Waals surface area contributed by atoms with Crippen LogP contribution in [0, 0.1) is 0 Å². The number of carbonyl (C=O) groups is 1. The summed E-state index contributed by atoms with van der Waals surface area (Å²) >= 11 is 0. The molecular formula is C18H31N3O3. The summed E-state index contributed by atoms with van der Waals surface area (Å²) in [6.07, 6.45) is 0.424. The largest absolute Gasteiger partial charge is 0.492 e. The lowest BCUT2D eigenvalue weighted by Crippen LogP contribution is -2.36. The SMILES string of the molecule is CC(C)(N)CCNCCOc1cccc(NC(=O)OC(C)(C)C)c1.